The van der Waals surface area contributed by atoms with Crippen LogP contribution < -0.4 is 4.74 Å². The van der Waals surface area contributed by atoms with Crippen molar-refractivity contribution in [2.24, 2.45) is 5.16 Å². The molecule has 0 aliphatic carbocycles. The number of hydrogen-bond donors (Lipinski definition) is 1. The Morgan fingerprint density at radius 3 is 2.55 bits per heavy atom. The lowest BCUT2D eigenvalue weighted by Gasteiger charge is -2.24. The Bertz CT molecular complexity index is 999. The van der Waals surface area contributed by atoms with Crippen molar-refractivity contribution in [1.29, 1.82) is 0 Å². The van der Waals surface area contributed by atoms with Gasteiger partial charge in [-0.3, -0.25) is 4.79 Å². The standard InChI is InChI=1S/C23H24BrNO6/c1-22(2,3)30-20(26)13-23(21(27)28)12-19(25-31-23)16-9-17(24)11-18(10-16)29-14-15-7-5-4-6-8-15/h4-11H,12-14H2,1-3H3,(H,27,28). The highest BCUT2D eigenvalue weighted by Gasteiger charge is 2.49. The number of carboxylic acids is 1. The molecule has 1 atom stereocenters. The van der Waals surface area contributed by atoms with Gasteiger partial charge in [-0.1, -0.05) is 51.4 Å². The normalized spacial score (nSPS) is 18.1. The van der Waals surface area contributed by atoms with Gasteiger partial charge in [-0.15, -0.1) is 0 Å². The predicted octanol–water partition coefficient (Wildman–Crippen LogP) is 4.71. The Balaban J connectivity index is 1.75. The maximum Gasteiger partial charge on any atom is 0.351 e. The van der Waals surface area contributed by atoms with Crippen molar-refractivity contribution in [3.8, 4) is 5.75 Å². The minimum Gasteiger partial charge on any atom is -0.489 e. The van der Waals surface area contributed by atoms with E-state index < -0.39 is 29.6 Å². The Morgan fingerprint density at radius 1 is 1.19 bits per heavy atom. The molecule has 1 unspecified atom stereocenters. The molecule has 1 N–H and O–H groups in total. The maximum absolute atomic E-state index is 12.3. The molecule has 0 spiro atoms. The van der Waals surface area contributed by atoms with Crippen LogP contribution in [0.2, 0.25) is 0 Å². The summed E-state index contributed by atoms with van der Waals surface area (Å²) in [4.78, 5) is 29.5. The van der Waals surface area contributed by atoms with E-state index in [4.69, 9.17) is 14.3 Å². The summed E-state index contributed by atoms with van der Waals surface area (Å²) in [5.41, 5.74) is -0.450. The van der Waals surface area contributed by atoms with Gasteiger partial charge < -0.3 is 19.4 Å². The lowest BCUT2D eigenvalue weighted by Crippen LogP contribution is -2.42. The minimum atomic E-state index is -1.80. The minimum absolute atomic E-state index is 0.0733. The van der Waals surface area contributed by atoms with E-state index in [-0.39, 0.29) is 6.42 Å². The molecule has 0 radical (unpaired) electrons. The van der Waals surface area contributed by atoms with E-state index in [0.29, 0.717) is 23.6 Å². The first-order valence-corrected chi connectivity index (χ1v) is 10.5. The number of rotatable bonds is 7. The molecule has 2 aromatic carbocycles. The molecule has 2 aromatic rings. The average Bonchev–Trinajstić information content (AvgIpc) is 3.11. The van der Waals surface area contributed by atoms with Crippen molar-refractivity contribution in [2.75, 3.05) is 0 Å². The summed E-state index contributed by atoms with van der Waals surface area (Å²) < 4.78 is 11.9. The van der Waals surface area contributed by atoms with E-state index in [0.717, 1.165) is 10.0 Å². The molecule has 8 heteroatoms. The summed E-state index contributed by atoms with van der Waals surface area (Å²) in [5.74, 6) is -1.34. The quantitative estimate of drug-likeness (QED) is 0.566. The number of carbonyl (C=O) groups is 2. The number of carboxylic acid groups (broad SMARTS) is 1. The van der Waals surface area contributed by atoms with Crippen molar-refractivity contribution < 1.29 is 29.0 Å². The zero-order valence-electron chi connectivity index (χ0n) is 17.6. The SMILES string of the molecule is CC(C)(C)OC(=O)CC1(C(=O)O)CC(c2cc(Br)cc(OCc3ccccc3)c2)=NO1. The van der Waals surface area contributed by atoms with Crippen LogP contribution in [-0.2, 0) is 25.8 Å². The van der Waals surface area contributed by atoms with Gasteiger partial charge >= 0.3 is 11.9 Å². The molecule has 0 aromatic heterocycles. The van der Waals surface area contributed by atoms with Gasteiger partial charge in [0.25, 0.3) is 0 Å². The van der Waals surface area contributed by atoms with Crippen LogP contribution in [0.1, 0.15) is 44.7 Å². The van der Waals surface area contributed by atoms with E-state index in [9.17, 15) is 14.7 Å². The zero-order chi connectivity index (χ0) is 22.6. The second kappa shape index (κ2) is 9.09. The fourth-order valence-corrected chi connectivity index (χ4v) is 3.55. The predicted molar refractivity (Wildman–Crippen MR) is 118 cm³/mol. The second-order valence-corrected chi connectivity index (χ2v) is 9.23. The lowest BCUT2D eigenvalue weighted by atomic mass is 9.91. The van der Waals surface area contributed by atoms with Crippen molar-refractivity contribution in [1.82, 2.24) is 0 Å². The van der Waals surface area contributed by atoms with Crippen LogP contribution in [0.3, 0.4) is 0 Å². The van der Waals surface area contributed by atoms with Crippen LogP contribution in [0.4, 0.5) is 0 Å². The van der Waals surface area contributed by atoms with Crippen LogP contribution in [-0.4, -0.2) is 34.0 Å². The molecular weight excluding hydrogens is 466 g/mol. The number of esters is 1. The highest BCUT2D eigenvalue weighted by molar-refractivity contribution is 9.10. The number of halogens is 1. The van der Waals surface area contributed by atoms with E-state index in [1.807, 2.05) is 36.4 Å². The highest BCUT2D eigenvalue weighted by Crippen LogP contribution is 2.33. The zero-order valence-corrected chi connectivity index (χ0v) is 19.1. The van der Waals surface area contributed by atoms with E-state index in [1.165, 1.54) is 0 Å². The molecule has 1 aliphatic rings. The van der Waals surface area contributed by atoms with Crippen molar-refractivity contribution >= 4 is 33.6 Å². The third-order valence-electron chi connectivity index (χ3n) is 4.48. The van der Waals surface area contributed by atoms with Crippen LogP contribution in [0.5, 0.6) is 5.75 Å². The molecular formula is C23H24BrNO6. The number of hydrogen-bond acceptors (Lipinski definition) is 6. The van der Waals surface area contributed by atoms with E-state index >= 15 is 0 Å². The third kappa shape index (κ3) is 6.07. The Hall–Kier alpha value is -2.87. The molecule has 0 bridgehead atoms. The van der Waals surface area contributed by atoms with Crippen LogP contribution in [0, 0.1) is 0 Å². The summed E-state index contributed by atoms with van der Waals surface area (Å²) in [6, 6.07) is 15.1. The Labute approximate surface area is 189 Å². The molecule has 0 fully saturated rings. The number of benzene rings is 2. The van der Waals surface area contributed by atoms with Crippen LogP contribution >= 0.6 is 15.9 Å². The van der Waals surface area contributed by atoms with Gasteiger partial charge in [-0.05, 0) is 44.5 Å². The molecule has 0 amide bonds. The van der Waals surface area contributed by atoms with Gasteiger partial charge in [-0.2, -0.15) is 0 Å². The van der Waals surface area contributed by atoms with Gasteiger partial charge in [0.1, 0.15) is 18.0 Å². The fourth-order valence-electron chi connectivity index (χ4n) is 3.08. The molecule has 31 heavy (non-hydrogen) atoms. The number of aliphatic carboxylic acids is 1. The fraction of sp³-hybridized carbons (Fsp3) is 0.348. The Kier molecular flexibility index (Phi) is 6.69. The molecule has 0 saturated carbocycles. The first-order chi connectivity index (χ1) is 14.6. The first-order valence-electron chi connectivity index (χ1n) is 9.74. The topological polar surface area (TPSA) is 94.4 Å². The second-order valence-electron chi connectivity index (χ2n) is 8.32. The van der Waals surface area contributed by atoms with Crippen LogP contribution in [0.15, 0.2) is 58.2 Å². The lowest BCUT2D eigenvalue weighted by molar-refractivity contribution is -0.175. The van der Waals surface area contributed by atoms with Gasteiger partial charge in [0.2, 0.25) is 5.60 Å². The summed E-state index contributed by atoms with van der Waals surface area (Å²) in [5, 5.41) is 13.7. The summed E-state index contributed by atoms with van der Waals surface area (Å²) in [6.45, 7) is 5.54. The average molecular weight is 490 g/mol. The number of carbonyl (C=O) groups excluding carboxylic acids is 1. The van der Waals surface area contributed by atoms with Crippen LogP contribution in [0.25, 0.3) is 0 Å². The Morgan fingerprint density at radius 2 is 1.90 bits per heavy atom. The first kappa shape index (κ1) is 22.8. The van der Waals surface area contributed by atoms with Gasteiger partial charge in [-0.25, -0.2) is 4.79 Å². The van der Waals surface area contributed by atoms with Crippen molar-refractivity contribution in [3.05, 3.63) is 64.1 Å². The highest BCUT2D eigenvalue weighted by atomic mass is 79.9. The molecule has 7 nitrogen and oxygen atoms in total. The molecule has 1 aliphatic heterocycles. The van der Waals surface area contributed by atoms with E-state index in [2.05, 4.69) is 21.1 Å². The van der Waals surface area contributed by atoms with Gasteiger partial charge in [0, 0.05) is 16.5 Å². The number of nitrogens with zero attached hydrogens (tertiary/aromatic N) is 1. The monoisotopic (exact) mass is 489 g/mol. The van der Waals surface area contributed by atoms with Gasteiger partial charge in [0.15, 0.2) is 0 Å². The molecule has 0 saturated heterocycles. The largest absolute Gasteiger partial charge is 0.489 e. The maximum atomic E-state index is 12.3. The number of ether oxygens (including phenoxy) is 2. The molecule has 3 rings (SSSR count). The smallest absolute Gasteiger partial charge is 0.351 e. The van der Waals surface area contributed by atoms with Crippen molar-refractivity contribution in [2.45, 2.75) is 51.4 Å². The van der Waals surface area contributed by atoms with Gasteiger partial charge in [0.05, 0.1) is 12.1 Å². The van der Waals surface area contributed by atoms with Crippen molar-refractivity contribution in [3.63, 3.8) is 0 Å². The summed E-state index contributed by atoms with van der Waals surface area (Å²) in [6.07, 6.45) is -0.520. The summed E-state index contributed by atoms with van der Waals surface area (Å²) >= 11 is 3.45. The third-order valence-corrected chi connectivity index (χ3v) is 4.93. The molecule has 1 heterocycles. The van der Waals surface area contributed by atoms with E-state index in [1.54, 1.807) is 32.9 Å². The number of oxime groups is 1. The molecule has 164 valence electrons. The summed E-state index contributed by atoms with van der Waals surface area (Å²) in [7, 11) is 0.